The molecule has 1 aliphatic heterocycles. The Kier molecular flexibility index (Phi) is 4.87. The number of rotatable bonds is 5. The fourth-order valence-corrected chi connectivity index (χ4v) is 2.72. The maximum absolute atomic E-state index is 12.6. The van der Waals surface area contributed by atoms with Crippen molar-refractivity contribution in [1.82, 2.24) is 4.98 Å². The molecular weight excluding hydrogens is 344 g/mol. The topological polar surface area (TPSA) is 69.7 Å². The Morgan fingerprint density at radius 3 is 2.67 bits per heavy atom. The number of nitrogens with one attached hydrogen (secondary N) is 1. The van der Waals surface area contributed by atoms with E-state index in [1.54, 1.807) is 36.5 Å². The van der Waals surface area contributed by atoms with Crippen LogP contribution in [0, 0.1) is 0 Å². The van der Waals surface area contributed by atoms with Crippen LogP contribution in [0.25, 0.3) is 0 Å². The number of fused-ring (bicyclic) bond motifs is 1. The van der Waals surface area contributed by atoms with Crippen LogP contribution >= 0.6 is 0 Å². The zero-order valence-electron chi connectivity index (χ0n) is 14.6. The second kappa shape index (κ2) is 7.78. The number of carbonyl (C=O) groups excluding carboxylic acids is 1. The maximum Gasteiger partial charge on any atom is 0.259 e. The lowest BCUT2D eigenvalue weighted by Gasteiger charge is -2.20. The first kappa shape index (κ1) is 16.9. The zero-order valence-corrected chi connectivity index (χ0v) is 14.6. The Bertz CT molecular complexity index is 927. The third-order valence-corrected chi connectivity index (χ3v) is 4.03. The molecule has 0 spiro atoms. The van der Waals surface area contributed by atoms with Crippen molar-refractivity contribution in [2.24, 2.45) is 0 Å². The monoisotopic (exact) mass is 362 g/mol. The van der Waals surface area contributed by atoms with Gasteiger partial charge in [0.05, 0.1) is 17.4 Å². The molecule has 4 rings (SSSR count). The van der Waals surface area contributed by atoms with Crippen molar-refractivity contribution < 1.29 is 19.0 Å². The summed E-state index contributed by atoms with van der Waals surface area (Å²) in [4.78, 5) is 16.8. The van der Waals surface area contributed by atoms with Crippen LogP contribution in [0.3, 0.4) is 0 Å². The van der Waals surface area contributed by atoms with Crippen molar-refractivity contribution in [2.45, 2.75) is 6.61 Å². The predicted molar refractivity (Wildman–Crippen MR) is 100 cm³/mol. The first-order valence-electron chi connectivity index (χ1n) is 8.62. The molecule has 3 aromatic rings. The summed E-state index contributed by atoms with van der Waals surface area (Å²) in [7, 11) is 0. The summed E-state index contributed by atoms with van der Waals surface area (Å²) in [6, 6.07) is 18.6. The van der Waals surface area contributed by atoms with Crippen molar-refractivity contribution in [1.29, 1.82) is 0 Å². The van der Waals surface area contributed by atoms with Gasteiger partial charge in [0, 0.05) is 6.07 Å². The minimum atomic E-state index is -0.280. The number of amides is 1. The highest BCUT2D eigenvalue weighted by atomic mass is 16.6. The molecule has 0 saturated heterocycles. The van der Waals surface area contributed by atoms with Gasteiger partial charge < -0.3 is 19.5 Å². The van der Waals surface area contributed by atoms with E-state index >= 15 is 0 Å². The average molecular weight is 362 g/mol. The van der Waals surface area contributed by atoms with Gasteiger partial charge in [-0.2, -0.15) is 0 Å². The van der Waals surface area contributed by atoms with Crippen LogP contribution < -0.4 is 19.5 Å². The summed E-state index contributed by atoms with van der Waals surface area (Å²) < 4.78 is 16.7. The fourth-order valence-electron chi connectivity index (χ4n) is 2.72. The van der Waals surface area contributed by atoms with Crippen LogP contribution in [0.15, 0.2) is 66.9 Å². The lowest BCUT2D eigenvalue weighted by atomic mass is 10.1. The number of aromatic nitrogens is 1. The number of para-hydroxylation sites is 1. The van der Waals surface area contributed by atoms with E-state index in [0.29, 0.717) is 48.5 Å². The van der Waals surface area contributed by atoms with E-state index in [4.69, 9.17) is 14.2 Å². The molecule has 6 nitrogen and oxygen atoms in total. The molecule has 2 heterocycles. The summed E-state index contributed by atoms with van der Waals surface area (Å²) in [5, 5.41) is 2.82. The number of carbonyl (C=O) groups is 1. The van der Waals surface area contributed by atoms with Crippen LogP contribution in [0.1, 0.15) is 15.9 Å². The van der Waals surface area contributed by atoms with Gasteiger partial charge in [-0.1, -0.05) is 36.4 Å². The zero-order chi connectivity index (χ0) is 18.5. The third-order valence-electron chi connectivity index (χ3n) is 4.03. The molecule has 0 radical (unpaired) electrons. The molecule has 1 N–H and O–H groups in total. The molecule has 136 valence electrons. The minimum Gasteiger partial charge on any atom is -0.486 e. The predicted octanol–water partition coefficient (Wildman–Crippen LogP) is 3.68. The Hall–Kier alpha value is -3.54. The Balaban J connectivity index is 1.40. The smallest absolute Gasteiger partial charge is 0.259 e. The molecule has 0 fully saturated rings. The molecule has 1 aliphatic rings. The van der Waals surface area contributed by atoms with Gasteiger partial charge in [-0.05, 0) is 23.8 Å². The average Bonchev–Trinajstić information content (AvgIpc) is 2.73. The molecule has 0 aliphatic carbocycles. The molecule has 2 aromatic carbocycles. The standard InChI is InChI=1S/C21H18N2O4/c24-21(17-7-4-8-18-20(17)26-12-11-25-18)23-16-9-10-19(22-13-16)27-14-15-5-2-1-3-6-15/h1-10,13H,11-12,14H2,(H,23,24). The molecular formula is C21H18N2O4. The molecule has 6 heteroatoms. The summed E-state index contributed by atoms with van der Waals surface area (Å²) in [5.41, 5.74) is 2.06. The van der Waals surface area contributed by atoms with Crippen LogP contribution in [0.5, 0.6) is 17.4 Å². The normalized spacial score (nSPS) is 12.3. The summed E-state index contributed by atoms with van der Waals surface area (Å²) in [6.45, 7) is 1.34. The van der Waals surface area contributed by atoms with Crippen molar-refractivity contribution in [2.75, 3.05) is 18.5 Å². The number of nitrogens with zero attached hydrogens (tertiary/aromatic N) is 1. The molecule has 0 atom stereocenters. The van der Waals surface area contributed by atoms with E-state index in [2.05, 4.69) is 10.3 Å². The van der Waals surface area contributed by atoms with Crippen LogP contribution in [-0.2, 0) is 6.61 Å². The molecule has 1 amide bonds. The van der Waals surface area contributed by atoms with Crippen molar-refractivity contribution >= 4 is 11.6 Å². The van der Waals surface area contributed by atoms with Crippen LogP contribution in [-0.4, -0.2) is 24.1 Å². The Morgan fingerprint density at radius 1 is 1.00 bits per heavy atom. The third kappa shape index (κ3) is 4.00. The van der Waals surface area contributed by atoms with E-state index in [1.807, 2.05) is 30.3 Å². The summed E-state index contributed by atoms with van der Waals surface area (Å²) >= 11 is 0. The van der Waals surface area contributed by atoms with Gasteiger partial charge in [0.2, 0.25) is 5.88 Å². The Labute approximate surface area is 156 Å². The first-order valence-corrected chi connectivity index (χ1v) is 8.62. The second-order valence-corrected chi connectivity index (χ2v) is 5.94. The Morgan fingerprint density at radius 2 is 1.85 bits per heavy atom. The van der Waals surface area contributed by atoms with Gasteiger partial charge in [0.1, 0.15) is 19.8 Å². The molecule has 27 heavy (non-hydrogen) atoms. The van der Waals surface area contributed by atoms with Gasteiger partial charge in [0.15, 0.2) is 11.5 Å². The minimum absolute atomic E-state index is 0.280. The number of ether oxygens (including phenoxy) is 3. The van der Waals surface area contributed by atoms with Gasteiger partial charge in [0.25, 0.3) is 5.91 Å². The molecule has 1 aromatic heterocycles. The van der Waals surface area contributed by atoms with Crippen molar-refractivity contribution in [3.63, 3.8) is 0 Å². The second-order valence-electron chi connectivity index (χ2n) is 5.94. The SMILES string of the molecule is O=C(Nc1ccc(OCc2ccccc2)nc1)c1cccc2c1OCCO2. The number of hydrogen-bond donors (Lipinski definition) is 1. The molecule has 0 unspecified atom stereocenters. The van der Waals surface area contributed by atoms with Gasteiger partial charge in [-0.3, -0.25) is 4.79 Å². The van der Waals surface area contributed by atoms with Gasteiger partial charge >= 0.3 is 0 Å². The van der Waals surface area contributed by atoms with Crippen molar-refractivity contribution in [3.8, 4) is 17.4 Å². The lowest BCUT2D eigenvalue weighted by Crippen LogP contribution is -2.20. The molecule has 0 bridgehead atoms. The van der Waals surface area contributed by atoms with Gasteiger partial charge in [-0.25, -0.2) is 4.98 Å². The number of pyridine rings is 1. The highest BCUT2D eigenvalue weighted by molar-refractivity contribution is 6.06. The largest absolute Gasteiger partial charge is 0.486 e. The fraction of sp³-hybridized carbons (Fsp3) is 0.143. The summed E-state index contributed by atoms with van der Waals surface area (Å²) in [5.74, 6) is 1.26. The first-order chi connectivity index (χ1) is 13.3. The van der Waals surface area contributed by atoms with E-state index in [9.17, 15) is 4.79 Å². The highest BCUT2D eigenvalue weighted by Crippen LogP contribution is 2.34. The summed E-state index contributed by atoms with van der Waals surface area (Å²) in [6.07, 6.45) is 1.56. The number of hydrogen-bond acceptors (Lipinski definition) is 5. The quantitative estimate of drug-likeness (QED) is 0.750. The van der Waals surface area contributed by atoms with Gasteiger partial charge in [-0.15, -0.1) is 0 Å². The molecule has 0 saturated carbocycles. The highest BCUT2D eigenvalue weighted by Gasteiger charge is 2.20. The van der Waals surface area contributed by atoms with E-state index in [1.165, 1.54) is 0 Å². The van der Waals surface area contributed by atoms with Crippen LogP contribution in [0.4, 0.5) is 5.69 Å². The number of benzene rings is 2. The van der Waals surface area contributed by atoms with E-state index in [-0.39, 0.29) is 5.91 Å². The maximum atomic E-state index is 12.6. The van der Waals surface area contributed by atoms with E-state index < -0.39 is 0 Å². The van der Waals surface area contributed by atoms with E-state index in [0.717, 1.165) is 5.56 Å². The lowest BCUT2D eigenvalue weighted by molar-refractivity contribution is 0.101. The number of anilines is 1. The van der Waals surface area contributed by atoms with Crippen molar-refractivity contribution in [3.05, 3.63) is 78.0 Å². The van der Waals surface area contributed by atoms with Crippen LogP contribution in [0.2, 0.25) is 0 Å².